The fraction of sp³-hybridized carbons (Fsp3) is 0.0588. The Balaban J connectivity index is 1.95. The summed E-state index contributed by atoms with van der Waals surface area (Å²) in [5, 5.41) is 0.656. The van der Waals surface area contributed by atoms with E-state index in [2.05, 4.69) is 4.99 Å². The van der Waals surface area contributed by atoms with Gasteiger partial charge in [-0.2, -0.15) is 0 Å². The Kier molecular flexibility index (Phi) is 3.59. The second-order valence-corrected chi connectivity index (χ2v) is 5.12. The number of esters is 1. The van der Waals surface area contributed by atoms with Crippen molar-refractivity contribution in [1.82, 2.24) is 0 Å². The molecule has 0 spiro atoms. The summed E-state index contributed by atoms with van der Waals surface area (Å²) in [5.41, 5.74) is 2.85. The molecule has 0 amide bonds. The Morgan fingerprint density at radius 2 is 1.90 bits per heavy atom. The summed E-state index contributed by atoms with van der Waals surface area (Å²) >= 11 is 6.08. The first kappa shape index (κ1) is 13.6. The zero-order valence-electron chi connectivity index (χ0n) is 11.3. The molecule has 4 heteroatoms. The Bertz CT molecular complexity index is 764. The number of benzene rings is 2. The first-order chi connectivity index (χ1) is 10.1. The molecule has 0 aliphatic carbocycles. The Hall–Kier alpha value is -2.39. The molecular formula is C17H12ClNO2. The van der Waals surface area contributed by atoms with Crippen molar-refractivity contribution in [2.24, 2.45) is 4.99 Å². The minimum atomic E-state index is -0.453. The van der Waals surface area contributed by atoms with E-state index in [9.17, 15) is 4.79 Å². The van der Waals surface area contributed by atoms with Crippen molar-refractivity contribution in [3.05, 3.63) is 75.9 Å². The van der Waals surface area contributed by atoms with Crippen LogP contribution in [0.2, 0.25) is 5.02 Å². The SMILES string of the molecule is Cc1ccc(C=C2N=C(c3ccccc3)OC2=O)cc1Cl. The molecule has 0 N–H and O–H groups in total. The standard InChI is InChI=1S/C17H12ClNO2/c1-11-7-8-12(9-14(11)18)10-15-17(20)21-16(19-15)13-5-3-2-4-6-13/h2-10H,1H3. The molecule has 0 fully saturated rings. The van der Waals surface area contributed by atoms with Gasteiger partial charge in [0.25, 0.3) is 0 Å². The summed E-state index contributed by atoms with van der Waals surface area (Å²) in [5.74, 6) is -0.129. The predicted molar refractivity (Wildman–Crippen MR) is 83.2 cm³/mol. The van der Waals surface area contributed by atoms with Gasteiger partial charge in [-0.15, -0.1) is 0 Å². The highest BCUT2D eigenvalue weighted by atomic mass is 35.5. The number of carbonyl (C=O) groups is 1. The van der Waals surface area contributed by atoms with Crippen LogP contribution in [-0.4, -0.2) is 11.9 Å². The number of rotatable bonds is 2. The van der Waals surface area contributed by atoms with Crippen molar-refractivity contribution in [2.45, 2.75) is 6.92 Å². The Morgan fingerprint density at radius 3 is 2.62 bits per heavy atom. The van der Waals surface area contributed by atoms with E-state index in [0.29, 0.717) is 10.9 Å². The third-order valence-electron chi connectivity index (χ3n) is 3.14. The number of cyclic esters (lactones) is 1. The van der Waals surface area contributed by atoms with E-state index >= 15 is 0 Å². The number of halogens is 1. The Labute approximate surface area is 127 Å². The molecule has 3 rings (SSSR count). The van der Waals surface area contributed by atoms with E-state index in [-0.39, 0.29) is 5.70 Å². The molecule has 0 saturated carbocycles. The van der Waals surface area contributed by atoms with Crippen molar-refractivity contribution < 1.29 is 9.53 Å². The van der Waals surface area contributed by atoms with Crippen LogP contribution in [0.1, 0.15) is 16.7 Å². The smallest absolute Gasteiger partial charge is 0.363 e. The first-order valence-electron chi connectivity index (χ1n) is 6.47. The molecule has 0 atom stereocenters. The van der Waals surface area contributed by atoms with Crippen LogP contribution in [0.15, 0.2) is 59.2 Å². The largest absolute Gasteiger partial charge is 0.402 e. The minimum Gasteiger partial charge on any atom is -0.402 e. The first-order valence-corrected chi connectivity index (χ1v) is 6.85. The van der Waals surface area contributed by atoms with Gasteiger partial charge < -0.3 is 4.74 Å². The van der Waals surface area contributed by atoms with Gasteiger partial charge in [-0.25, -0.2) is 9.79 Å². The fourth-order valence-corrected chi connectivity index (χ4v) is 2.16. The average Bonchev–Trinajstić information content (AvgIpc) is 2.85. The second-order valence-electron chi connectivity index (χ2n) is 4.71. The second kappa shape index (κ2) is 5.54. The van der Waals surface area contributed by atoms with Crippen LogP contribution in [0.4, 0.5) is 0 Å². The van der Waals surface area contributed by atoms with Gasteiger partial charge in [0, 0.05) is 10.6 Å². The lowest BCUT2D eigenvalue weighted by molar-refractivity contribution is -0.129. The van der Waals surface area contributed by atoms with E-state index < -0.39 is 5.97 Å². The predicted octanol–water partition coefficient (Wildman–Crippen LogP) is 3.99. The van der Waals surface area contributed by atoms with E-state index in [4.69, 9.17) is 16.3 Å². The summed E-state index contributed by atoms with van der Waals surface area (Å²) < 4.78 is 5.20. The molecular weight excluding hydrogens is 286 g/mol. The van der Waals surface area contributed by atoms with Gasteiger partial charge >= 0.3 is 5.97 Å². The van der Waals surface area contributed by atoms with Gasteiger partial charge in [-0.3, -0.25) is 0 Å². The number of aliphatic imine (C=N–C) groups is 1. The summed E-state index contributed by atoms with van der Waals surface area (Å²) in [7, 11) is 0. The maximum atomic E-state index is 11.9. The van der Waals surface area contributed by atoms with Crippen molar-refractivity contribution in [3.8, 4) is 0 Å². The highest BCUT2D eigenvalue weighted by Gasteiger charge is 2.23. The highest BCUT2D eigenvalue weighted by molar-refractivity contribution is 6.31. The highest BCUT2D eigenvalue weighted by Crippen LogP contribution is 2.22. The molecule has 0 unspecified atom stereocenters. The molecule has 0 radical (unpaired) electrons. The summed E-state index contributed by atoms with van der Waals surface area (Å²) in [6.45, 7) is 1.93. The van der Waals surface area contributed by atoms with Gasteiger partial charge in [0.2, 0.25) is 5.90 Å². The molecule has 1 aliphatic rings. The summed E-state index contributed by atoms with van der Waals surface area (Å²) in [6.07, 6.45) is 1.67. The quantitative estimate of drug-likeness (QED) is 0.621. The molecule has 2 aromatic carbocycles. The van der Waals surface area contributed by atoms with Crippen LogP contribution in [0.5, 0.6) is 0 Å². The lowest BCUT2D eigenvalue weighted by atomic mass is 10.1. The van der Waals surface area contributed by atoms with Crippen molar-refractivity contribution >= 4 is 29.5 Å². The molecule has 3 nitrogen and oxygen atoms in total. The fourth-order valence-electron chi connectivity index (χ4n) is 1.97. The minimum absolute atomic E-state index is 0.272. The average molecular weight is 298 g/mol. The van der Waals surface area contributed by atoms with Gasteiger partial charge in [0.15, 0.2) is 5.70 Å². The lowest BCUT2D eigenvalue weighted by Crippen LogP contribution is -2.04. The molecule has 1 aliphatic heterocycles. The molecule has 0 aromatic heterocycles. The Morgan fingerprint density at radius 1 is 1.14 bits per heavy atom. The number of ether oxygens (including phenoxy) is 1. The van der Waals surface area contributed by atoms with Gasteiger partial charge in [-0.05, 0) is 42.3 Å². The molecule has 104 valence electrons. The van der Waals surface area contributed by atoms with Crippen LogP contribution in [-0.2, 0) is 9.53 Å². The molecule has 0 bridgehead atoms. The van der Waals surface area contributed by atoms with E-state index in [1.165, 1.54) is 0 Å². The molecule has 21 heavy (non-hydrogen) atoms. The van der Waals surface area contributed by atoms with Gasteiger partial charge in [0.1, 0.15) is 0 Å². The number of hydrogen-bond acceptors (Lipinski definition) is 3. The van der Waals surface area contributed by atoms with Gasteiger partial charge in [0.05, 0.1) is 0 Å². The van der Waals surface area contributed by atoms with Crippen LogP contribution >= 0.6 is 11.6 Å². The molecule has 1 heterocycles. The number of nitrogens with zero attached hydrogens (tertiary/aromatic N) is 1. The topological polar surface area (TPSA) is 38.7 Å². The summed E-state index contributed by atoms with van der Waals surface area (Å²) in [4.78, 5) is 16.1. The zero-order chi connectivity index (χ0) is 14.8. The van der Waals surface area contributed by atoms with Crippen molar-refractivity contribution in [2.75, 3.05) is 0 Å². The van der Waals surface area contributed by atoms with E-state index in [0.717, 1.165) is 16.7 Å². The van der Waals surface area contributed by atoms with Crippen LogP contribution < -0.4 is 0 Å². The number of aryl methyl sites for hydroxylation is 1. The van der Waals surface area contributed by atoms with Crippen molar-refractivity contribution in [1.29, 1.82) is 0 Å². The normalized spacial score (nSPS) is 16.0. The molecule has 2 aromatic rings. The zero-order valence-corrected chi connectivity index (χ0v) is 12.1. The maximum absolute atomic E-state index is 11.9. The van der Waals surface area contributed by atoms with Crippen LogP contribution in [0.3, 0.4) is 0 Å². The van der Waals surface area contributed by atoms with Crippen LogP contribution in [0, 0.1) is 6.92 Å². The monoisotopic (exact) mass is 297 g/mol. The number of carbonyl (C=O) groups excluding carboxylic acids is 1. The van der Waals surface area contributed by atoms with Crippen LogP contribution in [0.25, 0.3) is 6.08 Å². The lowest BCUT2D eigenvalue weighted by Gasteiger charge is -1.99. The third-order valence-corrected chi connectivity index (χ3v) is 3.55. The van der Waals surface area contributed by atoms with Gasteiger partial charge in [-0.1, -0.05) is 41.9 Å². The van der Waals surface area contributed by atoms with Crippen molar-refractivity contribution in [3.63, 3.8) is 0 Å². The van der Waals surface area contributed by atoms with E-state index in [1.54, 1.807) is 12.1 Å². The third kappa shape index (κ3) is 2.88. The maximum Gasteiger partial charge on any atom is 0.363 e. The molecule has 0 saturated heterocycles. The van der Waals surface area contributed by atoms with E-state index in [1.807, 2.05) is 49.4 Å². The summed E-state index contributed by atoms with van der Waals surface area (Å²) in [6, 6.07) is 14.9. The number of hydrogen-bond donors (Lipinski definition) is 0.